The van der Waals surface area contributed by atoms with Gasteiger partial charge in [0.15, 0.2) is 5.58 Å². The van der Waals surface area contributed by atoms with Crippen molar-refractivity contribution >= 4 is 11.0 Å². The van der Waals surface area contributed by atoms with Crippen LogP contribution in [-0.4, -0.2) is 5.16 Å². The van der Waals surface area contributed by atoms with Crippen LogP contribution in [0.25, 0.3) is 11.0 Å². The van der Waals surface area contributed by atoms with E-state index in [-0.39, 0.29) is 0 Å². The molecule has 0 unspecified atom stereocenters. The van der Waals surface area contributed by atoms with Gasteiger partial charge in [0.05, 0.1) is 11.1 Å². The van der Waals surface area contributed by atoms with Crippen LogP contribution in [0.1, 0.15) is 16.8 Å². The standard InChI is InChI=1S/C22H19NO3/c1-16-22-20(25-15-18-10-6-3-7-11-18)12-19(13-21(22)26-23-16)24-14-17-8-4-2-5-9-17/h2-13H,14-15H2,1H3. The summed E-state index contributed by atoms with van der Waals surface area (Å²) in [5.74, 6) is 1.41. The predicted octanol–water partition coefficient (Wildman–Crippen LogP) is 5.29. The molecule has 4 rings (SSSR count). The summed E-state index contributed by atoms with van der Waals surface area (Å²) in [4.78, 5) is 0. The highest BCUT2D eigenvalue weighted by Crippen LogP contribution is 2.34. The molecular weight excluding hydrogens is 326 g/mol. The lowest BCUT2D eigenvalue weighted by Crippen LogP contribution is -1.98. The molecule has 0 aliphatic rings. The van der Waals surface area contributed by atoms with Crippen LogP contribution in [0.3, 0.4) is 0 Å². The lowest BCUT2D eigenvalue weighted by molar-refractivity contribution is 0.292. The summed E-state index contributed by atoms with van der Waals surface area (Å²) in [7, 11) is 0. The molecule has 3 aromatic carbocycles. The third-order valence-corrected chi connectivity index (χ3v) is 4.17. The molecule has 0 radical (unpaired) electrons. The molecule has 4 aromatic rings. The Morgan fingerprint density at radius 3 is 2.08 bits per heavy atom. The second-order valence-electron chi connectivity index (χ2n) is 6.11. The maximum Gasteiger partial charge on any atom is 0.174 e. The fourth-order valence-electron chi connectivity index (χ4n) is 2.83. The maximum atomic E-state index is 6.06. The minimum Gasteiger partial charge on any atom is -0.489 e. The highest BCUT2D eigenvalue weighted by Gasteiger charge is 2.14. The highest BCUT2D eigenvalue weighted by molar-refractivity contribution is 5.87. The zero-order valence-corrected chi connectivity index (χ0v) is 14.5. The van der Waals surface area contributed by atoms with Crippen LogP contribution in [0.5, 0.6) is 11.5 Å². The minimum atomic E-state index is 0.475. The molecule has 0 aliphatic carbocycles. The molecule has 26 heavy (non-hydrogen) atoms. The van der Waals surface area contributed by atoms with Crippen LogP contribution in [0.2, 0.25) is 0 Å². The molecule has 0 spiro atoms. The van der Waals surface area contributed by atoms with E-state index in [1.807, 2.05) is 79.7 Å². The van der Waals surface area contributed by atoms with E-state index in [2.05, 4.69) is 5.16 Å². The van der Waals surface area contributed by atoms with Gasteiger partial charge in [0.2, 0.25) is 0 Å². The van der Waals surface area contributed by atoms with E-state index in [1.54, 1.807) is 0 Å². The number of nitrogens with zero attached hydrogens (tertiary/aromatic N) is 1. The van der Waals surface area contributed by atoms with E-state index in [4.69, 9.17) is 14.0 Å². The first-order valence-corrected chi connectivity index (χ1v) is 8.53. The number of benzene rings is 3. The number of aryl methyl sites for hydroxylation is 1. The average molecular weight is 345 g/mol. The molecule has 130 valence electrons. The van der Waals surface area contributed by atoms with Crippen LogP contribution in [0.4, 0.5) is 0 Å². The molecule has 0 aliphatic heterocycles. The Hall–Kier alpha value is -3.27. The van der Waals surface area contributed by atoms with Crippen molar-refractivity contribution in [3.63, 3.8) is 0 Å². The molecule has 1 aromatic heterocycles. The lowest BCUT2D eigenvalue weighted by atomic mass is 10.2. The van der Waals surface area contributed by atoms with Crippen molar-refractivity contribution in [2.75, 3.05) is 0 Å². The molecule has 4 nitrogen and oxygen atoms in total. The number of ether oxygens (including phenoxy) is 2. The van der Waals surface area contributed by atoms with Crippen molar-refractivity contribution in [1.82, 2.24) is 5.16 Å². The van der Waals surface area contributed by atoms with E-state index < -0.39 is 0 Å². The quantitative estimate of drug-likeness (QED) is 0.476. The van der Waals surface area contributed by atoms with Crippen molar-refractivity contribution in [1.29, 1.82) is 0 Å². The maximum absolute atomic E-state index is 6.06. The Balaban J connectivity index is 1.59. The van der Waals surface area contributed by atoms with Gasteiger partial charge in [-0.3, -0.25) is 0 Å². The van der Waals surface area contributed by atoms with E-state index in [9.17, 15) is 0 Å². The summed E-state index contributed by atoms with van der Waals surface area (Å²) in [5.41, 5.74) is 3.67. The molecule has 0 saturated carbocycles. The molecule has 0 atom stereocenters. The van der Waals surface area contributed by atoms with Gasteiger partial charge in [-0.2, -0.15) is 0 Å². The fourth-order valence-corrected chi connectivity index (χ4v) is 2.83. The van der Waals surface area contributed by atoms with E-state index in [0.717, 1.165) is 22.2 Å². The van der Waals surface area contributed by atoms with Gasteiger partial charge < -0.3 is 14.0 Å². The second-order valence-corrected chi connectivity index (χ2v) is 6.11. The monoisotopic (exact) mass is 345 g/mol. The largest absolute Gasteiger partial charge is 0.489 e. The molecule has 4 heteroatoms. The Kier molecular flexibility index (Phi) is 4.56. The van der Waals surface area contributed by atoms with Gasteiger partial charge in [-0.25, -0.2) is 0 Å². The summed E-state index contributed by atoms with van der Waals surface area (Å²) in [6.45, 7) is 2.87. The van der Waals surface area contributed by atoms with Crippen molar-refractivity contribution in [3.05, 3.63) is 89.6 Å². The first-order valence-electron chi connectivity index (χ1n) is 8.53. The highest BCUT2D eigenvalue weighted by atomic mass is 16.5. The van der Waals surface area contributed by atoms with Gasteiger partial charge in [0.1, 0.15) is 24.7 Å². The van der Waals surface area contributed by atoms with Gasteiger partial charge >= 0.3 is 0 Å². The zero-order valence-electron chi connectivity index (χ0n) is 14.5. The Morgan fingerprint density at radius 1 is 0.808 bits per heavy atom. The van der Waals surface area contributed by atoms with Crippen LogP contribution in [0.15, 0.2) is 77.3 Å². The molecule has 0 N–H and O–H groups in total. The molecule has 0 saturated heterocycles. The molecular formula is C22H19NO3. The normalized spacial score (nSPS) is 10.8. The number of fused-ring (bicyclic) bond motifs is 1. The van der Waals surface area contributed by atoms with Gasteiger partial charge in [-0.1, -0.05) is 65.8 Å². The Morgan fingerprint density at radius 2 is 1.42 bits per heavy atom. The average Bonchev–Trinajstić information content (AvgIpc) is 3.07. The predicted molar refractivity (Wildman–Crippen MR) is 100 cm³/mol. The van der Waals surface area contributed by atoms with E-state index in [0.29, 0.717) is 30.3 Å². The molecule has 0 amide bonds. The number of hydrogen-bond donors (Lipinski definition) is 0. The summed E-state index contributed by atoms with van der Waals surface area (Å²) < 4.78 is 17.4. The van der Waals surface area contributed by atoms with Gasteiger partial charge in [-0.05, 0) is 18.1 Å². The van der Waals surface area contributed by atoms with Crippen LogP contribution >= 0.6 is 0 Å². The fraction of sp³-hybridized carbons (Fsp3) is 0.136. The topological polar surface area (TPSA) is 44.5 Å². The first-order chi connectivity index (χ1) is 12.8. The van der Waals surface area contributed by atoms with Crippen LogP contribution in [-0.2, 0) is 13.2 Å². The number of hydrogen-bond acceptors (Lipinski definition) is 4. The summed E-state index contributed by atoms with van der Waals surface area (Å²) in [5, 5.41) is 4.94. The van der Waals surface area contributed by atoms with Crippen molar-refractivity contribution in [2.24, 2.45) is 0 Å². The van der Waals surface area contributed by atoms with Crippen LogP contribution < -0.4 is 9.47 Å². The Bertz CT molecular complexity index is 994. The number of aromatic nitrogens is 1. The summed E-state index contributed by atoms with van der Waals surface area (Å²) >= 11 is 0. The third-order valence-electron chi connectivity index (χ3n) is 4.17. The van der Waals surface area contributed by atoms with E-state index in [1.165, 1.54) is 0 Å². The van der Waals surface area contributed by atoms with Gasteiger partial charge in [-0.15, -0.1) is 0 Å². The smallest absolute Gasteiger partial charge is 0.174 e. The first kappa shape index (κ1) is 16.2. The van der Waals surface area contributed by atoms with Crippen molar-refractivity contribution in [2.45, 2.75) is 20.1 Å². The third kappa shape index (κ3) is 3.54. The van der Waals surface area contributed by atoms with Crippen LogP contribution in [0, 0.1) is 6.92 Å². The molecule has 0 bridgehead atoms. The van der Waals surface area contributed by atoms with Crippen molar-refractivity contribution in [3.8, 4) is 11.5 Å². The van der Waals surface area contributed by atoms with Crippen molar-refractivity contribution < 1.29 is 14.0 Å². The summed E-state index contributed by atoms with van der Waals surface area (Å²) in [6.07, 6.45) is 0. The minimum absolute atomic E-state index is 0.475. The second kappa shape index (κ2) is 7.31. The Labute approximate surface area is 152 Å². The molecule has 0 fully saturated rings. The van der Waals surface area contributed by atoms with E-state index >= 15 is 0 Å². The van der Waals surface area contributed by atoms with Gasteiger partial charge in [0.25, 0.3) is 0 Å². The SMILES string of the molecule is Cc1noc2cc(OCc3ccccc3)cc(OCc3ccccc3)c12. The lowest BCUT2D eigenvalue weighted by Gasteiger charge is -2.11. The summed E-state index contributed by atoms with van der Waals surface area (Å²) in [6, 6.07) is 23.9. The number of rotatable bonds is 6. The molecule has 1 heterocycles. The zero-order chi connectivity index (χ0) is 17.8. The van der Waals surface area contributed by atoms with Gasteiger partial charge in [0, 0.05) is 12.1 Å².